The van der Waals surface area contributed by atoms with Gasteiger partial charge >= 0.3 is 0 Å². The van der Waals surface area contributed by atoms with Crippen molar-refractivity contribution in [2.75, 3.05) is 0 Å². The molecule has 0 radical (unpaired) electrons. The van der Waals surface area contributed by atoms with Crippen LogP contribution in [-0.2, 0) is 12.8 Å². The predicted molar refractivity (Wildman–Crippen MR) is 54.5 cm³/mol. The van der Waals surface area contributed by atoms with Crippen LogP contribution in [0.2, 0.25) is 0 Å². The molecule has 0 saturated carbocycles. The van der Waals surface area contributed by atoms with Gasteiger partial charge in [0.25, 0.3) is 0 Å². The van der Waals surface area contributed by atoms with Gasteiger partial charge in [-0.15, -0.1) is 0 Å². The number of ketones is 1. The molecule has 0 N–H and O–H groups in total. The summed E-state index contributed by atoms with van der Waals surface area (Å²) in [6, 6.07) is 1.91. The van der Waals surface area contributed by atoms with Crippen molar-refractivity contribution in [2.45, 2.75) is 40.0 Å². The molecule has 2 rings (SSSR count). The summed E-state index contributed by atoms with van der Waals surface area (Å²) in [6.07, 6.45) is 2.39. The normalized spacial score (nSPS) is 19.5. The Morgan fingerprint density at radius 1 is 1.43 bits per heavy atom. The molecule has 0 saturated heterocycles. The Balaban J connectivity index is 2.43. The lowest BCUT2D eigenvalue weighted by Gasteiger charge is -2.26. The smallest absolute Gasteiger partial charge is 0.166 e. The topological polar surface area (TPSA) is 30.2 Å². The summed E-state index contributed by atoms with van der Waals surface area (Å²) in [5.41, 5.74) is 0.883. The van der Waals surface area contributed by atoms with E-state index < -0.39 is 0 Å². The molecular formula is C12H16O2. The van der Waals surface area contributed by atoms with Crippen LogP contribution in [0.15, 0.2) is 10.5 Å². The van der Waals surface area contributed by atoms with E-state index in [1.807, 2.05) is 13.0 Å². The number of carbonyl (C=O) groups excluding carboxylic acids is 1. The van der Waals surface area contributed by atoms with Gasteiger partial charge in [-0.3, -0.25) is 4.79 Å². The Kier molecular flexibility index (Phi) is 2.02. The fourth-order valence-electron chi connectivity index (χ4n) is 2.05. The number of hydrogen-bond donors (Lipinski definition) is 0. The lowest BCUT2D eigenvalue weighted by Crippen LogP contribution is -2.25. The number of rotatable bonds is 1. The second-order valence-electron chi connectivity index (χ2n) is 4.84. The van der Waals surface area contributed by atoms with Crippen molar-refractivity contribution in [3.63, 3.8) is 0 Å². The molecule has 76 valence electrons. The van der Waals surface area contributed by atoms with Gasteiger partial charge in [-0.2, -0.15) is 0 Å². The highest BCUT2D eigenvalue weighted by Gasteiger charge is 2.33. The van der Waals surface area contributed by atoms with E-state index >= 15 is 0 Å². The van der Waals surface area contributed by atoms with Crippen LogP contribution in [-0.4, -0.2) is 5.78 Å². The lowest BCUT2D eigenvalue weighted by atomic mass is 9.77. The minimum Gasteiger partial charge on any atom is -0.465 e. The first-order valence-electron chi connectivity index (χ1n) is 5.16. The van der Waals surface area contributed by atoms with Gasteiger partial charge in [-0.25, -0.2) is 0 Å². The Morgan fingerprint density at radius 3 is 2.79 bits per heavy atom. The zero-order chi connectivity index (χ0) is 10.3. The van der Waals surface area contributed by atoms with Crippen LogP contribution in [0.25, 0.3) is 0 Å². The van der Waals surface area contributed by atoms with Crippen LogP contribution in [0.3, 0.4) is 0 Å². The maximum atomic E-state index is 11.8. The summed E-state index contributed by atoms with van der Waals surface area (Å²) in [4.78, 5) is 11.8. The highest BCUT2D eigenvalue weighted by atomic mass is 16.3. The second-order valence-corrected chi connectivity index (χ2v) is 4.84. The standard InChI is InChI=1S/C12H16O2/c1-4-8-5-9-10(13)6-12(2,3)7-11(9)14-8/h5H,4,6-7H2,1-3H3. The SMILES string of the molecule is CCc1cc2c(o1)CC(C)(C)CC2=O. The molecule has 0 spiro atoms. The molecule has 0 bridgehead atoms. The van der Waals surface area contributed by atoms with Crippen LogP contribution >= 0.6 is 0 Å². The zero-order valence-electron chi connectivity index (χ0n) is 9.02. The molecule has 14 heavy (non-hydrogen) atoms. The van der Waals surface area contributed by atoms with Crippen LogP contribution in [0.5, 0.6) is 0 Å². The molecule has 0 amide bonds. The minimum atomic E-state index is 0.0624. The highest BCUT2D eigenvalue weighted by Crippen LogP contribution is 2.36. The minimum absolute atomic E-state index is 0.0624. The first-order valence-corrected chi connectivity index (χ1v) is 5.16. The molecule has 1 aliphatic carbocycles. The Hall–Kier alpha value is -1.05. The first-order chi connectivity index (χ1) is 6.52. The van der Waals surface area contributed by atoms with E-state index in [4.69, 9.17) is 4.42 Å². The maximum absolute atomic E-state index is 11.8. The molecule has 0 atom stereocenters. The molecule has 0 unspecified atom stereocenters. The van der Waals surface area contributed by atoms with Gasteiger partial charge in [0, 0.05) is 19.3 Å². The molecule has 1 aromatic heterocycles. The van der Waals surface area contributed by atoms with Gasteiger partial charge in [0.1, 0.15) is 11.5 Å². The summed E-state index contributed by atoms with van der Waals surface area (Å²) in [5, 5.41) is 0. The molecular weight excluding hydrogens is 176 g/mol. The van der Waals surface area contributed by atoms with Gasteiger partial charge in [0.05, 0.1) is 5.56 Å². The lowest BCUT2D eigenvalue weighted by molar-refractivity contribution is 0.0903. The molecule has 1 aromatic rings. The molecule has 1 aliphatic rings. The van der Waals surface area contributed by atoms with Crippen molar-refractivity contribution in [1.29, 1.82) is 0 Å². The van der Waals surface area contributed by atoms with Gasteiger partial charge in [0.2, 0.25) is 0 Å². The number of furan rings is 1. The van der Waals surface area contributed by atoms with E-state index in [9.17, 15) is 4.79 Å². The van der Waals surface area contributed by atoms with E-state index in [0.29, 0.717) is 6.42 Å². The summed E-state index contributed by atoms with van der Waals surface area (Å²) >= 11 is 0. The second kappa shape index (κ2) is 2.97. The number of carbonyl (C=O) groups is 1. The summed E-state index contributed by atoms with van der Waals surface area (Å²) in [7, 11) is 0. The Bertz CT molecular complexity index is 372. The average molecular weight is 192 g/mol. The molecule has 2 nitrogen and oxygen atoms in total. The van der Waals surface area contributed by atoms with Gasteiger partial charge < -0.3 is 4.42 Å². The van der Waals surface area contributed by atoms with Crippen LogP contribution in [0.4, 0.5) is 0 Å². The number of aryl methyl sites for hydroxylation is 1. The van der Waals surface area contributed by atoms with Crippen LogP contribution in [0, 0.1) is 5.41 Å². The molecule has 0 fully saturated rings. The fraction of sp³-hybridized carbons (Fsp3) is 0.583. The third-order valence-electron chi connectivity index (χ3n) is 2.79. The predicted octanol–water partition coefficient (Wildman–Crippen LogP) is 3.00. The Labute approximate surface area is 84.3 Å². The molecule has 2 heteroatoms. The summed E-state index contributed by atoms with van der Waals surface area (Å²) < 4.78 is 5.64. The third kappa shape index (κ3) is 1.49. The van der Waals surface area contributed by atoms with Crippen molar-refractivity contribution in [3.05, 3.63) is 23.2 Å². The van der Waals surface area contributed by atoms with Gasteiger partial charge in [-0.05, 0) is 11.5 Å². The van der Waals surface area contributed by atoms with Crippen LogP contribution < -0.4 is 0 Å². The van der Waals surface area contributed by atoms with Crippen molar-refractivity contribution in [3.8, 4) is 0 Å². The number of hydrogen-bond acceptors (Lipinski definition) is 2. The number of fused-ring (bicyclic) bond motifs is 1. The van der Waals surface area contributed by atoms with E-state index in [1.165, 1.54) is 0 Å². The van der Waals surface area contributed by atoms with Crippen molar-refractivity contribution in [1.82, 2.24) is 0 Å². The quantitative estimate of drug-likeness (QED) is 0.684. The number of Topliss-reactive ketones (excluding diaryl/α,β-unsaturated/α-hetero) is 1. The van der Waals surface area contributed by atoms with Crippen LogP contribution in [0.1, 0.15) is 49.1 Å². The maximum Gasteiger partial charge on any atom is 0.166 e. The monoisotopic (exact) mass is 192 g/mol. The average Bonchev–Trinajstić information content (AvgIpc) is 2.45. The van der Waals surface area contributed by atoms with E-state index in [2.05, 4.69) is 13.8 Å². The van der Waals surface area contributed by atoms with Crippen molar-refractivity contribution < 1.29 is 9.21 Å². The molecule has 0 aromatic carbocycles. The first kappa shape index (κ1) is 9.50. The summed E-state index contributed by atoms with van der Waals surface area (Å²) in [5.74, 6) is 2.06. The van der Waals surface area contributed by atoms with E-state index in [0.717, 1.165) is 29.9 Å². The summed E-state index contributed by atoms with van der Waals surface area (Å²) in [6.45, 7) is 6.27. The van der Waals surface area contributed by atoms with E-state index in [1.54, 1.807) is 0 Å². The zero-order valence-corrected chi connectivity index (χ0v) is 9.02. The largest absolute Gasteiger partial charge is 0.465 e. The van der Waals surface area contributed by atoms with Crippen molar-refractivity contribution in [2.24, 2.45) is 5.41 Å². The molecule has 0 aliphatic heterocycles. The van der Waals surface area contributed by atoms with Crippen molar-refractivity contribution >= 4 is 5.78 Å². The van der Waals surface area contributed by atoms with E-state index in [-0.39, 0.29) is 11.2 Å². The fourth-order valence-corrected chi connectivity index (χ4v) is 2.05. The Morgan fingerprint density at radius 2 is 2.14 bits per heavy atom. The highest BCUT2D eigenvalue weighted by molar-refractivity contribution is 5.98. The molecule has 1 heterocycles. The third-order valence-corrected chi connectivity index (χ3v) is 2.79. The van der Waals surface area contributed by atoms with Gasteiger partial charge in [-0.1, -0.05) is 20.8 Å². The van der Waals surface area contributed by atoms with Gasteiger partial charge in [0.15, 0.2) is 5.78 Å².